The normalized spacial score (nSPS) is 12.6. The summed E-state index contributed by atoms with van der Waals surface area (Å²) in [6.07, 6.45) is 0. The highest BCUT2D eigenvalue weighted by atomic mass is 14.3. The third-order valence-electron chi connectivity index (χ3n) is 13.2. The topological polar surface area (TPSA) is 0 Å². The highest BCUT2D eigenvalue weighted by Gasteiger charge is 2.27. The molecule has 12 aromatic rings. The summed E-state index contributed by atoms with van der Waals surface area (Å²) >= 11 is 0. The summed E-state index contributed by atoms with van der Waals surface area (Å²) < 4.78 is 0. The second-order valence-electron chi connectivity index (χ2n) is 15.9. The fourth-order valence-electron chi connectivity index (χ4n) is 10.8. The zero-order valence-corrected chi connectivity index (χ0v) is 30.3. The fourth-order valence-corrected chi connectivity index (χ4v) is 10.8. The van der Waals surface area contributed by atoms with Crippen LogP contribution >= 0.6 is 0 Å². The van der Waals surface area contributed by atoms with E-state index in [2.05, 4.69) is 182 Å². The summed E-state index contributed by atoms with van der Waals surface area (Å²) in [5.74, 6) is 0. The van der Waals surface area contributed by atoms with Crippen molar-refractivity contribution in [2.45, 2.75) is 0 Å². The molecule has 0 bridgehead atoms. The molecule has 0 saturated heterocycles. The van der Waals surface area contributed by atoms with Crippen molar-refractivity contribution in [3.63, 3.8) is 0 Å². The van der Waals surface area contributed by atoms with E-state index in [9.17, 15) is 0 Å². The van der Waals surface area contributed by atoms with Crippen molar-refractivity contribution >= 4 is 86.2 Å². The quantitative estimate of drug-likeness (QED) is 0.149. The first-order valence-corrected chi connectivity index (χ1v) is 19.7. The van der Waals surface area contributed by atoms with E-state index in [4.69, 9.17) is 0 Å². The van der Waals surface area contributed by atoms with Crippen LogP contribution in [0.1, 0.15) is 0 Å². The van der Waals surface area contributed by atoms with Gasteiger partial charge in [0.2, 0.25) is 0 Å². The number of rotatable bonds is 1. The molecule has 0 heteroatoms. The molecule has 0 fully saturated rings. The summed E-state index contributed by atoms with van der Waals surface area (Å²) in [6.45, 7) is 0. The van der Waals surface area contributed by atoms with E-state index in [1.54, 1.807) is 0 Å². The molecule has 0 atom stereocenters. The monoisotopic (exact) mass is 702 g/mol. The van der Waals surface area contributed by atoms with E-state index in [0.29, 0.717) is 0 Å². The van der Waals surface area contributed by atoms with Crippen molar-refractivity contribution in [3.05, 3.63) is 182 Å². The smallest absolute Gasteiger partial charge is 0.00199 e. The lowest BCUT2D eigenvalue weighted by atomic mass is 9.85. The van der Waals surface area contributed by atoms with E-state index in [-0.39, 0.29) is 0 Å². The molecular weight excluding hydrogens is 673 g/mol. The Balaban J connectivity index is 1.10. The summed E-state index contributed by atoms with van der Waals surface area (Å²) in [7, 11) is 0. The van der Waals surface area contributed by atoms with Crippen LogP contribution in [-0.2, 0) is 0 Å². The zero-order valence-electron chi connectivity index (χ0n) is 30.3. The molecule has 254 valence electrons. The van der Waals surface area contributed by atoms with Crippen LogP contribution < -0.4 is 0 Å². The van der Waals surface area contributed by atoms with Crippen LogP contribution in [0.4, 0.5) is 0 Å². The largest absolute Gasteiger partial charge is 0.0616 e. The van der Waals surface area contributed by atoms with Crippen molar-refractivity contribution < 1.29 is 0 Å². The summed E-state index contributed by atoms with van der Waals surface area (Å²) in [4.78, 5) is 0. The molecule has 56 heavy (non-hydrogen) atoms. The molecule has 14 rings (SSSR count). The van der Waals surface area contributed by atoms with E-state index < -0.39 is 0 Å². The molecule has 2 aliphatic rings. The summed E-state index contributed by atoms with van der Waals surface area (Å²) in [5.41, 5.74) is 13.3. The lowest BCUT2D eigenvalue weighted by molar-refractivity contribution is 1.73. The second kappa shape index (κ2) is 10.3. The van der Waals surface area contributed by atoms with Crippen LogP contribution in [0.5, 0.6) is 0 Å². The second-order valence-corrected chi connectivity index (χ2v) is 15.9. The molecular formula is C56H30. The van der Waals surface area contributed by atoms with Gasteiger partial charge in [-0.25, -0.2) is 0 Å². The Bertz CT molecular complexity index is 3550. The Hall–Kier alpha value is -7.28. The third kappa shape index (κ3) is 3.60. The van der Waals surface area contributed by atoms with Crippen LogP contribution in [-0.4, -0.2) is 0 Å². The molecule has 0 saturated carbocycles. The van der Waals surface area contributed by atoms with Gasteiger partial charge in [0, 0.05) is 0 Å². The number of hydrogen-bond donors (Lipinski definition) is 0. The van der Waals surface area contributed by atoms with Gasteiger partial charge in [-0.3, -0.25) is 0 Å². The van der Waals surface area contributed by atoms with Crippen molar-refractivity contribution in [1.29, 1.82) is 0 Å². The Kier molecular flexibility index (Phi) is 5.34. The number of benzene rings is 12. The van der Waals surface area contributed by atoms with Gasteiger partial charge in [-0.1, -0.05) is 133 Å². The first-order chi connectivity index (χ1) is 27.8. The van der Waals surface area contributed by atoms with E-state index in [1.807, 2.05) is 0 Å². The third-order valence-corrected chi connectivity index (χ3v) is 13.2. The minimum absolute atomic E-state index is 1.28. The Morgan fingerprint density at radius 3 is 0.875 bits per heavy atom. The lowest BCUT2D eigenvalue weighted by Gasteiger charge is -2.18. The Morgan fingerprint density at radius 2 is 0.464 bits per heavy atom. The van der Waals surface area contributed by atoms with Gasteiger partial charge in [-0.15, -0.1) is 0 Å². The van der Waals surface area contributed by atoms with Gasteiger partial charge in [0.15, 0.2) is 0 Å². The summed E-state index contributed by atoms with van der Waals surface area (Å²) in [6, 6.07) is 69.1. The lowest BCUT2D eigenvalue weighted by Crippen LogP contribution is -1.90. The van der Waals surface area contributed by atoms with Crippen molar-refractivity contribution in [2.75, 3.05) is 0 Å². The van der Waals surface area contributed by atoms with E-state index >= 15 is 0 Å². The Morgan fingerprint density at radius 1 is 0.161 bits per heavy atom. The summed E-state index contributed by atoms with van der Waals surface area (Å²) in [5, 5.41) is 20.9. The van der Waals surface area contributed by atoms with Gasteiger partial charge in [0.25, 0.3) is 0 Å². The van der Waals surface area contributed by atoms with E-state index in [0.717, 1.165) is 0 Å². The van der Waals surface area contributed by atoms with Gasteiger partial charge in [0.1, 0.15) is 0 Å². The van der Waals surface area contributed by atoms with E-state index in [1.165, 1.54) is 142 Å². The average molecular weight is 703 g/mol. The minimum atomic E-state index is 1.28. The maximum absolute atomic E-state index is 2.51. The molecule has 0 aliphatic heterocycles. The molecule has 0 heterocycles. The SMILES string of the molecule is c1ccc2cc3c(cc2c1)-c1cccc2c1c-3cc1c3ccccc3c(-c3cc4c5cccc6c5c(cc4c4ccccc34)-c3cc4ccccc4cc3-6)cc21. The van der Waals surface area contributed by atoms with Crippen molar-refractivity contribution in [2.24, 2.45) is 0 Å². The van der Waals surface area contributed by atoms with Gasteiger partial charge < -0.3 is 0 Å². The number of hydrogen-bond acceptors (Lipinski definition) is 0. The van der Waals surface area contributed by atoms with Crippen LogP contribution in [0.15, 0.2) is 182 Å². The average Bonchev–Trinajstić information content (AvgIpc) is 3.74. The molecule has 0 N–H and O–H groups in total. The molecule has 0 amide bonds. The molecule has 0 spiro atoms. The first-order valence-electron chi connectivity index (χ1n) is 19.7. The van der Waals surface area contributed by atoms with Crippen LogP contribution in [0.25, 0.3) is 142 Å². The highest BCUT2D eigenvalue weighted by Crippen LogP contribution is 2.54. The fraction of sp³-hybridized carbons (Fsp3) is 0. The van der Waals surface area contributed by atoms with Crippen LogP contribution in [0.2, 0.25) is 0 Å². The predicted molar refractivity (Wildman–Crippen MR) is 241 cm³/mol. The predicted octanol–water partition coefficient (Wildman–Crippen LogP) is 15.9. The molecule has 0 radical (unpaired) electrons. The first kappa shape index (κ1) is 29.1. The van der Waals surface area contributed by atoms with Gasteiger partial charge in [-0.2, -0.15) is 0 Å². The van der Waals surface area contributed by atoms with Crippen LogP contribution in [0.3, 0.4) is 0 Å². The number of fused-ring (bicyclic) bond motifs is 16. The molecule has 2 aliphatic carbocycles. The van der Waals surface area contributed by atoms with Crippen molar-refractivity contribution in [3.8, 4) is 55.6 Å². The maximum atomic E-state index is 2.51. The van der Waals surface area contributed by atoms with Gasteiger partial charge in [0.05, 0.1) is 0 Å². The maximum Gasteiger partial charge on any atom is -0.00199 e. The zero-order chi connectivity index (χ0) is 36.2. The molecule has 12 aromatic carbocycles. The Labute approximate surface area is 322 Å². The molecule has 0 aromatic heterocycles. The van der Waals surface area contributed by atoms with Gasteiger partial charge in [-0.05, 0) is 190 Å². The van der Waals surface area contributed by atoms with Crippen LogP contribution in [0, 0.1) is 0 Å². The highest BCUT2D eigenvalue weighted by molar-refractivity contribution is 6.32. The minimum Gasteiger partial charge on any atom is -0.0616 e. The van der Waals surface area contributed by atoms with Gasteiger partial charge >= 0.3 is 0 Å². The van der Waals surface area contributed by atoms with Crippen molar-refractivity contribution in [1.82, 2.24) is 0 Å². The molecule has 0 nitrogen and oxygen atoms in total. The molecule has 0 unspecified atom stereocenters. The standard InChI is InChI=1S/C56H30/c1-3-13-33-25-45-43(23-31(33)11-1)39-19-9-21-41-51-27-47(35-15-5-7-17-37(35)49(51)29-53(45)55(39)41)48-28-52-42-22-10-20-40-44-24-32-12-2-4-14-34(32)26-46(44)54(56(40)42)30-50(52)38-18-8-6-16-36(38)48/h1-30H.